The van der Waals surface area contributed by atoms with Gasteiger partial charge in [0.2, 0.25) is 5.95 Å². The number of aromatic nitrogens is 3. The molecule has 8 heteroatoms. The fourth-order valence-electron chi connectivity index (χ4n) is 4.65. The normalized spacial score (nSPS) is 14.5. The summed E-state index contributed by atoms with van der Waals surface area (Å²) < 4.78 is 13.8. The summed E-state index contributed by atoms with van der Waals surface area (Å²) in [7, 11) is 0. The van der Waals surface area contributed by atoms with Crippen LogP contribution in [0.1, 0.15) is 42.1 Å². The molecule has 38 heavy (non-hydrogen) atoms. The molecule has 2 N–H and O–H groups in total. The van der Waals surface area contributed by atoms with Crippen LogP contribution in [0.5, 0.6) is 11.5 Å². The van der Waals surface area contributed by atoms with E-state index in [-0.39, 0.29) is 5.91 Å². The summed E-state index contributed by atoms with van der Waals surface area (Å²) in [6.45, 7) is 8.72. The highest BCUT2D eigenvalue weighted by Gasteiger charge is 2.34. The fourth-order valence-corrected chi connectivity index (χ4v) is 4.65. The molecule has 3 aromatic carbocycles. The van der Waals surface area contributed by atoms with Gasteiger partial charge in [-0.1, -0.05) is 54.1 Å². The number of hydrogen-bond donors (Lipinski definition) is 2. The van der Waals surface area contributed by atoms with Crippen molar-refractivity contribution in [3.8, 4) is 11.5 Å². The quantitative estimate of drug-likeness (QED) is 0.312. The fraction of sp³-hybridized carbons (Fsp3) is 0.233. The van der Waals surface area contributed by atoms with Crippen LogP contribution in [0.15, 0.2) is 84.3 Å². The first kappa shape index (κ1) is 25.1. The van der Waals surface area contributed by atoms with Gasteiger partial charge in [0.1, 0.15) is 19.0 Å². The Morgan fingerprint density at radius 3 is 2.58 bits per heavy atom. The monoisotopic (exact) mass is 509 g/mol. The first-order chi connectivity index (χ1) is 18.4. The van der Waals surface area contributed by atoms with Crippen LogP contribution >= 0.6 is 0 Å². The van der Waals surface area contributed by atoms with E-state index in [4.69, 9.17) is 9.47 Å². The summed E-state index contributed by atoms with van der Waals surface area (Å²) >= 11 is 0. The molecule has 0 saturated heterocycles. The molecule has 1 aromatic heterocycles. The highest BCUT2D eigenvalue weighted by Crippen LogP contribution is 2.39. The van der Waals surface area contributed by atoms with Crippen molar-refractivity contribution >= 4 is 17.5 Å². The molecular formula is C30H31N5O3. The van der Waals surface area contributed by atoms with Crippen LogP contribution in [0.25, 0.3) is 0 Å². The van der Waals surface area contributed by atoms with Crippen LogP contribution < -0.4 is 20.1 Å². The molecule has 0 aliphatic carbocycles. The number of carbonyl (C=O) groups excluding carboxylic acids is 1. The van der Waals surface area contributed by atoms with Gasteiger partial charge in [-0.2, -0.15) is 10.1 Å². The lowest BCUT2D eigenvalue weighted by Gasteiger charge is -2.29. The number of carbonyl (C=O) groups is 1. The van der Waals surface area contributed by atoms with E-state index in [9.17, 15) is 4.79 Å². The third-order valence-corrected chi connectivity index (χ3v) is 6.49. The second kappa shape index (κ2) is 10.8. The Bertz CT molecular complexity index is 1490. The summed E-state index contributed by atoms with van der Waals surface area (Å²) in [5.41, 5.74) is 6.05. The van der Waals surface area contributed by atoms with Crippen molar-refractivity contribution in [2.45, 2.75) is 40.3 Å². The Morgan fingerprint density at radius 1 is 1.00 bits per heavy atom. The molecule has 0 unspecified atom stereocenters. The minimum absolute atomic E-state index is 0.213. The number of benzene rings is 3. The molecule has 0 fully saturated rings. The standard InChI is InChI=1S/C30H31N5O3/c1-5-37-26-16-23(12-14-25(26)38-17-22-9-7-6-8-10-22)28-27(21(4)33-30-31-18-32-35(28)30)29(36)34-24-13-11-19(2)15-20(24)3/h6-16,18,28H,5,17H2,1-4H3,(H,34,36)(H,31,32,33)/t28-/m1/s1. The topological polar surface area (TPSA) is 90.3 Å². The van der Waals surface area contributed by atoms with Crippen LogP contribution in [-0.2, 0) is 11.4 Å². The van der Waals surface area contributed by atoms with E-state index < -0.39 is 6.04 Å². The summed E-state index contributed by atoms with van der Waals surface area (Å²) in [6, 6.07) is 21.2. The number of fused-ring (bicyclic) bond motifs is 1. The smallest absolute Gasteiger partial charge is 0.255 e. The highest BCUT2D eigenvalue weighted by molar-refractivity contribution is 6.06. The molecule has 4 aromatic rings. The van der Waals surface area contributed by atoms with Crippen molar-refractivity contribution in [3.05, 3.63) is 107 Å². The zero-order valence-electron chi connectivity index (χ0n) is 22.0. The lowest BCUT2D eigenvalue weighted by Crippen LogP contribution is -2.31. The zero-order chi connectivity index (χ0) is 26.6. The minimum Gasteiger partial charge on any atom is -0.490 e. The van der Waals surface area contributed by atoms with E-state index in [0.29, 0.717) is 41.9 Å². The second-order valence-electron chi connectivity index (χ2n) is 9.28. The average molecular weight is 510 g/mol. The van der Waals surface area contributed by atoms with Gasteiger partial charge < -0.3 is 20.1 Å². The molecule has 5 rings (SSSR count). The molecule has 1 aliphatic rings. The van der Waals surface area contributed by atoms with Crippen molar-refractivity contribution in [2.75, 3.05) is 17.2 Å². The summed E-state index contributed by atoms with van der Waals surface area (Å²) in [6.07, 6.45) is 1.48. The molecule has 1 aliphatic heterocycles. The summed E-state index contributed by atoms with van der Waals surface area (Å²) in [5, 5.41) is 10.8. The van der Waals surface area contributed by atoms with E-state index >= 15 is 0 Å². The third kappa shape index (κ3) is 5.11. The van der Waals surface area contributed by atoms with Gasteiger partial charge in [-0.15, -0.1) is 0 Å². The second-order valence-corrected chi connectivity index (χ2v) is 9.28. The average Bonchev–Trinajstić information content (AvgIpc) is 3.37. The maximum Gasteiger partial charge on any atom is 0.255 e. The van der Waals surface area contributed by atoms with Gasteiger partial charge in [0.25, 0.3) is 5.91 Å². The van der Waals surface area contributed by atoms with Crippen molar-refractivity contribution in [1.82, 2.24) is 14.8 Å². The molecule has 0 radical (unpaired) electrons. The lowest BCUT2D eigenvalue weighted by atomic mass is 9.94. The summed E-state index contributed by atoms with van der Waals surface area (Å²) in [4.78, 5) is 18.1. The van der Waals surface area contributed by atoms with E-state index in [1.54, 1.807) is 4.68 Å². The van der Waals surface area contributed by atoms with Crippen molar-refractivity contribution in [3.63, 3.8) is 0 Å². The van der Waals surface area contributed by atoms with Crippen LogP contribution in [0.3, 0.4) is 0 Å². The number of hydrogen-bond acceptors (Lipinski definition) is 6. The summed E-state index contributed by atoms with van der Waals surface area (Å²) in [5.74, 6) is 1.59. The first-order valence-corrected chi connectivity index (χ1v) is 12.6. The van der Waals surface area contributed by atoms with Crippen LogP contribution in [0.2, 0.25) is 0 Å². The minimum atomic E-state index is -0.512. The van der Waals surface area contributed by atoms with Crippen molar-refractivity contribution < 1.29 is 14.3 Å². The number of rotatable bonds is 8. The molecule has 8 nitrogen and oxygen atoms in total. The van der Waals surface area contributed by atoms with Crippen LogP contribution in [-0.4, -0.2) is 27.3 Å². The predicted molar refractivity (Wildman–Crippen MR) is 147 cm³/mol. The van der Waals surface area contributed by atoms with Crippen LogP contribution in [0.4, 0.5) is 11.6 Å². The van der Waals surface area contributed by atoms with E-state index in [1.807, 2.05) is 94.4 Å². The van der Waals surface area contributed by atoms with E-state index in [2.05, 4.69) is 20.7 Å². The maximum absolute atomic E-state index is 13.7. The zero-order valence-corrected chi connectivity index (χ0v) is 22.0. The Balaban J connectivity index is 1.50. The Labute approximate surface area is 222 Å². The molecule has 0 spiro atoms. The number of nitrogens with one attached hydrogen (secondary N) is 2. The number of amides is 1. The SMILES string of the molecule is CCOc1cc([C@@H]2C(C(=O)Nc3ccc(C)cc3C)=C(C)Nc3ncnn32)ccc1OCc1ccccc1. The van der Waals surface area contributed by atoms with Crippen molar-refractivity contribution in [1.29, 1.82) is 0 Å². The van der Waals surface area contributed by atoms with Gasteiger partial charge in [-0.25, -0.2) is 4.68 Å². The Kier molecular flexibility index (Phi) is 7.13. The molecule has 2 heterocycles. The lowest BCUT2D eigenvalue weighted by molar-refractivity contribution is -0.113. The Hall–Kier alpha value is -4.59. The largest absolute Gasteiger partial charge is 0.490 e. The highest BCUT2D eigenvalue weighted by atomic mass is 16.5. The molecule has 1 amide bonds. The third-order valence-electron chi connectivity index (χ3n) is 6.49. The van der Waals surface area contributed by atoms with Gasteiger partial charge in [-0.05, 0) is 62.6 Å². The molecule has 194 valence electrons. The molecule has 0 saturated carbocycles. The van der Waals surface area contributed by atoms with E-state index in [0.717, 1.165) is 27.9 Å². The predicted octanol–water partition coefficient (Wildman–Crippen LogP) is 5.80. The first-order valence-electron chi connectivity index (χ1n) is 12.6. The molecular weight excluding hydrogens is 478 g/mol. The van der Waals surface area contributed by atoms with Gasteiger partial charge in [0, 0.05) is 11.4 Å². The van der Waals surface area contributed by atoms with E-state index in [1.165, 1.54) is 6.33 Å². The molecule has 1 atom stereocenters. The number of aryl methyl sites for hydroxylation is 2. The van der Waals surface area contributed by atoms with Crippen LogP contribution in [0, 0.1) is 13.8 Å². The maximum atomic E-state index is 13.7. The number of allylic oxidation sites excluding steroid dienone is 1. The van der Waals surface area contributed by atoms with Gasteiger partial charge in [0.15, 0.2) is 11.5 Å². The molecule has 0 bridgehead atoms. The Morgan fingerprint density at radius 2 is 1.82 bits per heavy atom. The number of ether oxygens (including phenoxy) is 2. The van der Waals surface area contributed by atoms with Crippen molar-refractivity contribution in [2.24, 2.45) is 0 Å². The number of anilines is 2. The number of nitrogens with zero attached hydrogens (tertiary/aromatic N) is 3. The van der Waals surface area contributed by atoms with Gasteiger partial charge >= 0.3 is 0 Å². The van der Waals surface area contributed by atoms with Gasteiger partial charge in [-0.3, -0.25) is 4.79 Å². The van der Waals surface area contributed by atoms with Gasteiger partial charge in [0.05, 0.1) is 12.2 Å².